The Labute approximate surface area is 136 Å². The predicted molar refractivity (Wildman–Crippen MR) is 86.3 cm³/mol. The third-order valence-corrected chi connectivity index (χ3v) is 4.78. The van der Waals surface area contributed by atoms with Crippen LogP contribution in [-0.2, 0) is 10.5 Å². The molecule has 0 aliphatic carbocycles. The van der Waals surface area contributed by atoms with Gasteiger partial charge in [-0.15, -0.1) is 10.2 Å². The van der Waals surface area contributed by atoms with Gasteiger partial charge in [0.2, 0.25) is 11.0 Å². The lowest BCUT2D eigenvalue weighted by Crippen LogP contribution is -2.17. The van der Waals surface area contributed by atoms with Gasteiger partial charge in [0.05, 0.1) is 5.56 Å². The molecule has 116 valence electrons. The highest BCUT2D eigenvalue weighted by Crippen LogP contribution is 2.29. The lowest BCUT2D eigenvalue weighted by atomic mass is 10.1. The van der Waals surface area contributed by atoms with Gasteiger partial charge in [0, 0.05) is 11.7 Å². The minimum atomic E-state index is -0.946. The molecule has 0 unspecified atom stereocenters. The number of aromatic carboxylic acids is 1. The van der Waals surface area contributed by atoms with Crippen molar-refractivity contribution in [2.75, 3.05) is 5.32 Å². The zero-order valence-electron chi connectivity index (χ0n) is 12.1. The first-order chi connectivity index (χ1) is 10.5. The van der Waals surface area contributed by atoms with Gasteiger partial charge in [-0.3, -0.25) is 4.79 Å². The van der Waals surface area contributed by atoms with Gasteiger partial charge in [-0.2, -0.15) is 0 Å². The number of nitrogens with zero attached hydrogens (tertiary/aromatic N) is 2. The summed E-state index contributed by atoms with van der Waals surface area (Å²) < 4.78 is 0.680. The summed E-state index contributed by atoms with van der Waals surface area (Å²) in [6, 6.07) is 6.85. The van der Waals surface area contributed by atoms with Crippen molar-refractivity contribution in [1.29, 1.82) is 0 Å². The van der Waals surface area contributed by atoms with E-state index in [1.165, 1.54) is 23.1 Å². The number of hydrogen-bond acceptors (Lipinski definition) is 6. The fraction of sp³-hybridized carbons (Fsp3) is 0.286. The molecule has 0 spiro atoms. The quantitative estimate of drug-likeness (QED) is 0.621. The van der Waals surface area contributed by atoms with Crippen LogP contribution in [0.5, 0.6) is 0 Å². The second kappa shape index (κ2) is 7.37. The van der Waals surface area contributed by atoms with E-state index in [9.17, 15) is 9.59 Å². The molecule has 1 aromatic heterocycles. The maximum atomic E-state index is 11.6. The average Bonchev–Trinajstić information content (AvgIpc) is 2.92. The minimum absolute atomic E-state index is 0.107. The Balaban J connectivity index is 2.00. The number of carboxylic acids is 1. The number of carbonyl (C=O) groups is 2. The van der Waals surface area contributed by atoms with Crippen LogP contribution in [0, 0.1) is 5.92 Å². The molecule has 0 aliphatic rings. The maximum absolute atomic E-state index is 11.6. The van der Waals surface area contributed by atoms with Gasteiger partial charge < -0.3 is 10.4 Å². The van der Waals surface area contributed by atoms with Crippen molar-refractivity contribution in [3.8, 4) is 0 Å². The Morgan fingerprint density at radius 1 is 1.32 bits per heavy atom. The highest BCUT2D eigenvalue weighted by atomic mass is 32.2. The molecule has 2 rings (SSSR count). The molecule has 0 atom stereocenters. The molecule has 2 N–H and O–H groups in total. The highest BCUT2D eigenvalue weighted by Gasteiger charge is 2.13. The van der Waals surface area contributed by atoms with Crippen molar-refractivity contribution in [2.24, 2.45) is 5.92 Å². The van der Waals surface area contributed by atoms with Crippen LogP contribution in [0.15, 0.2) is 28.6 Å². The Bertz CT molecular complexity index is 685. The topological polar surface area (TPSA) is 92.2 Å². The smallest absolute Gasteiger partial charge is 0.335 e. The van der Waals surface area contributed by atoms with Crippen LogP contribution in [-0.4, -0.2) is 27.2 Å². The minimum Gasteiger partial charge on any atom is -0.478 e. The van der Waals surface area contributed by atoms with Gasteiger partial charge in [0.15, 0.2) is 4.34 Å². The number of anilines is 1. The van der Waals surface area contributed by atoms with Crippen LogP contribution in [0.3, 0.4) is 0 Å². The number of rotatable bonds is 6. The number of benzene rings is 1. The molecule has 2 aromatic rings. The summed E-state index contributed by atoms with van der Waals surface area (Å²) in [7, 11) is 0. The molecular formula is C14H15N3O3S2. The number of hydrogen-bond donors (Lipinski definition) is 2. The van der Waals surface area contributed by atoms with Crippen molar-refractivity contribution in [3.05, 3.63) is 35.4 Å². The van der Waals surface area contributed by atoms with E-state index in [-0.39, 0.29) is 17.4 Å². The third kappa shape index (κ3) is 4.28. The number of thioether (sulfide) groups is 1. The Kier molecular flexibility index (Phi) is 5.51. The standard InChI is InChI=1S/C14H15N3O3S2/c1-8(2)11(18)15-13-16-17-14(22-13)21-7-9-5-3-4-6-10(9)12(19)20/h3-6,8H,7H2,1-2H3,(H,19,20)(H,15,16,18). The molecule has 0 saturated heterocycles. The SMILES string of the molecule is CC(C)C(=O)Nc1nnc(SCc2ccccc2C(=O)O)s1. The van der Waals surface area contributed by atoms with E-state index in [0.29, 0.717) is 15.2 Å². The summed E-state index contributed by atoms with van der Waals surface area (Å²) >= 11 is 2.67. The predicted octanol–water partition coefficient (Wildman–Crippen LogP) is 3.12. The number of carboxylic acid groups (broad SMARTS) is 1. The van der Waals surface area contributed by atoms with Crippen LogP contribution >= 0.6 is 23.1 Å². The van der Waals surface area contributed by atoms with Gasteiger partial charge in [-0.1, -0.05) is 55.1 Å². The largest absolute Gasteiger partial charge is 0.478 e. The van der Waals surface area contributed by atoms with Crippen LogP contribution < -0.4 is 5.32 Å². The third-order valence-electron chi connectivity index (χ3n) is 2.76. The Morgan fingerprint density at radius 3 is 2.73 bits per heavy atom. The molecule has 22 heavy (non-hydrogen) atoms. The first-order valence-electron chi connectivity index (χ1n) is 6.55. The molecule has 8 heteroatoms. The molecule has 6 nitrogen and oxygen atoms in total. The van der Waals surface area contributed by atoms with E-state index in [2.05, 4.69) is 15.5 Å². The number of nitrogens with one attached hydrogen (secondary N) is 1. The summed E-state index contributed by atoms with van der Waals surface area (Å²) in [5.74, 6) is -0.695. The Morgan fingerprint density at radius 2 is 2.05 bits per heavy atom. The maximum Gasteiger partial charge on any atom is 0.335 e. The first-order valence-corrected chi connectivity index (χ1v) is 8.36. The van der Waals surface area contributed by atoms with Gasteiger partial charge in [-0.05, 0) is 11.6 Å². The second-order valence-electron chi connectivity index (χ2n) is 4.77. The summed E-state index contributed by atoms with van der Waals surface area (Å²) in [5, 5.41) is 20.2. The summed E-state index contributed by atoms with van der Waals surface area (Å²) in [6.07, 6.45) is 0. The van der Waals surface area contributed by atoms with Crippen molar-refractivity contribution in [3.63, 3.8) is 0 Å². The van der Waals surface area contributed by atoms with Gasteiger partial charge in [-0.25, -0.2) is 4.79 Å². The monoisotopic (exact) mass is 337 g/mol. The molecule has 0 saturated carbocycles. The first kappa shape index (κ1) is 16.4. The molecular weight excluding hydrogens is 322 g/mol. The van der Waals surface area contributed by atoms with Crippen molar-refractivity contribution >= 4 is 40.1 Å². The molecule has 1 amide bonds. The van der Waals surface area contributed by atoms with E-state index in [1.807, 2.05) is 0 Å². The number of carbonyl (C=O) groups excluding carboxylic acids is 1. The van der Waals surface area contributed by atoms with Crippen LogP contribution in [0.2, 0.25) is 0 Å². The summed E-state index contributed by atoms with van der Waals surface area (Å²) in [4.78, 5) is 22.7. The molecule has 0 radical (unpaired) electrons. The molecule has 0 aliphatic heterocycles. The normalized spacial score (nSPS) is 10.7. The molecule has 0 bridgehead atoms. The van der Waals surface area contributed by atoms with Crippen molar-refractivity contribution < 1.29 is 14.7 Å². The fourth-order valence-corrected chi connectivity index (χ4v) is 3.32. The van der Waals surface area contributed by atoms with E-state index in [0.717, 1.165) is 5.56 Å². The molecule has 0 fully saturated rings. The van der Waals surface area contributed by atoms with E-state index in [1.54, 1.807) is 38.1 Å². The van der Waals surface area contributed by atoms with Crippen LogP contribution in [0.1, 0.15) is 29.8 Å². The highest BCUT2D eigenvalue weighted by molar-refractivity contribution is 8.00. The van der Waals surface area contributed by atoms with Crippen molar-refractivity contribution in [1.82, 2.24) is 10.2 Å². The average molecular weight is 337 g/mol. The lowest BCUT2D eigenvalue weighted by Gasteiger charge is -2.03. The Hall–Kier alpha value is -1.93. The number of amides is 1. The van der Waals surface area contributed by atoms with Gasteiger partial charge >= 0.3 is 5.97 Å². The van der Waals surface area contributed by atoms with E-state index < -0.39 is 5.97 Å². The van der Waals surface area contributed by atoms with Crippen molar-refractivity contribution in [2.45, 2.75) is 23.9 Å². The lowest BCUT2D eigenvalue weighted by molar-refractivity contribution is -0.118. The van der Waals surface area contributed by atoms with Crippen LogP contribution in [0.25, 0.3) is 0 Å². The summed E-state index contributed by atoms with van der Waals surface area (Å²) in [5.41, 5.74) is 1.01. The van der Waals surface area contributed by atoms with E-state index >= 15 is 0 Å². The number of aromatic nitrogens is 2. The summed E-state index contributed by atoms with van der Waals surface area (Å²) in [6.45, 7) is 3.60. The fourth-order valence-electron chi connectivity index (χ4n) is 1.56. The zero-order chi connectivity index (χ0) is 16.1. The van der Waals surface area contributed by atoms with Crippen LogP contribution in [0.4, 0.5) is 5.13 Å². The van der Waals surface area contributed by atoms with Gasteiger partial charge in [0.25, 0.3) is 0 Å². The van der Waals surface area contributed by atoms with Gasteiger partial charge in [0.1, 0.15) is 0 Å². The molecule has 1 heterocycles. The molecule has 1 aromatic carbocycles. The second-order valence-corrected chi connectivity index (χ2v) is 6.97. The van der Waals surface area contributed by atoms with E-state index in [4.69, 9.17) is 5.11 Å². The zero-order valence-corrected chi connectivity index (χ0v) is 13.7.